The van der Waals surface area contributed by atoms with Gasteiger partial charge in [-0.2, -0.15) is 0 Å². The molecule has 1 aliphatic carbocycles. The van der Waals surface area contributed by atoms with Crippen LogP contribution in [-0.2, 0) is 25.5 Å². The monoisotopic (exact) mass is 479 g/mol. The fourth-order valence-corrected chi connectivity index (χ4v) is 6.74. The van der Waals surface area contributed by atoms with E-state index in [1.54, 1.807) is 0 Å². The third-order valence-corrected chi connectivity index (χ3v) is 8.85. The summed E-state index contributed by atoms with van der Waals surface area (Å²) in [4.78, 5) is 26.9. The summed E-state index contributed by atoms with van der Waals surface area (Å²) in [7, 11) is 0. The molecule has 0 unspecified atom stereocenters. The first kappa shape index (κ1) is 24.3. The third-order valence-electron chi connectivity index (χ3n) is 8.85. The van der Waals surface area contributed by atoms with Gasteiger partial charge in [-0.05, 0) is 49.7 Å². The number of fused-ring (bicyclic) bond motifs is 2. The summed E-state index contributed by atoms with van der Waals surface area (Å²) in [6, 6.07) is 9.91. The Morgan fingerprint density at radius 2 is 1.89 bits per heavy atom. The van der Waals surface area contributed by atoms with E-state index >= 15 is 0 Å². The maximum atomic E-state index is 13.8. The van der Waals surface area contributed by atoms with Crippen LogP contribution in [0.5, 0.6) is 0 Å². The van der Waals surface area contributed by atoms with Gasteiger partial charge in [0.1, 0.15) is 0 Å². The van der Waals surface area contributed by atoms with Crippen molar-refractivity contribution < 1.29 is 24.2 Å². The molecule has 3 fully saturated rings. The van der Waals surface area contributed by atoms with Crippen LogP contribution in [0.25, 0.3) is 0 Å². The van der Waals surface area contributed by atoms with Crippen LogP contribution in [0.3, 0.4) is 0 Å². The van der Waals surface area contributed by atoms with Crippen LogP contribution < -0.4 is 5.32 Å². The Morgan fingerprint density at radius 3 is 2.66 bits per heavy atom. The Balaban J connectivity index is 1.56. The largest absolute Gasteiger partial charge is 0.445 e. The molecule has 1 saturated carbocycles. The molecule has 1 amide bonds. The minimum absolute atomic E-state index is 0.00462. The molecule has 35 heavy (non-hydrogen) atoms. The van der Waals surface area contributed by atoms with Crippen molar-refractivity contribution in [2.24, 2.45) is 23.7 Å². The molecule has 6 heteroatoms. The van der Waals surface area contributed by atoms with E-state index < -0.39 is 17.7 Å². The van der Waals surface area contributed by atoms with Crippen LogP contribution in [-0.4, -0.2) is 46.4 Å². The van der Waals surface area contributed by atoms with Crippen LogP contribution in [0.4, 0.5) is 0 Å². The minimum Gasteiger partial charge on any atom is -0.445 e. The number of hydrogen-bond acceptors (Lipinski definition) is 5. The average molecular weight is 480 g/mol. The van der Waals surface area contributed by atoms with E-state index in [1.165, 1.54) is 12.2 Å². The molecule has 1 aromatic carbocycles. The van der Waals surface area contributed by atoms with E-state index in [4.69, 9.17) is 9.47 Å². The van der Waals surface area contributed by atoms with Crippen molar-refractivity contribution in [2.75, 3.05) is 0 Å². The number of allylic oxidation sites excluding steroid dienone is 1. The summed E-state index contributed by atoms with van der Waals surface area (Å²) >= 11 is 0. The van der Waals surface area contributed by atoms with Crippen molar-refractivity contribution in [3.8, 4) is 0 Å². The highest BCUT2D eigenvalue weighted by atomic mass is 16.6. The number of carbonyl (C=O) groups is 2. The van der Waals surface area contributed by atoms with E-state index in [-0.39, 0.29) is 41.4 Å². The number of esters is 1. The highest BCUT2D eigenvalue weighted by Crippen LogP contribution is 2.63. The number of amides is 1. The van der Waals surface area contributed by atoms with Crippen LogP contribution in [0.15, 0.2) is 54.6 Å². The Morgan fingerprint density at radius 1 is 1.11 bits per heavy atom. The average Bonchev–Trinajstić information content (AvgIpc) is 3.45. The number of aliphatic hydroxyl groups is 1. The van der Waals surface area contributed by atoms with Crippen LogP contribution in [0.1, 0.15) is 52.0 Å². The Hall–Kier alpha value is -2.44. The van der Waals surface area contributed by atoms with Gasteiger partial charge in [-0.3, -0.25) is 4.79 Å². The lowest BCUT2D eigenvalue weighted by molar-refractivity contribution is -0.177. The number of carbonyl (C=O) groups excluding carboxylic acids is 2. The van der Waals surface area contributed by atoms with E-state index in [9.17, 15) is 14.7 Å². The van der Waals surface area contributed by atoms with Crippen molar-refractivity contribution in [1.29, 1.82) is 0 Å². The summed E-state index contributed by atoms with van der Waals surface area (Å²) in [5, 5.41) is 13.5. The second-order valence-corrected chi connectivity index (χ2v) is 11.2. The van der Waals surface area contributed by atoms with Gasteiger partial charge in [-0.1, -0.05) is 69.2 Å². The van der Waals surface area contributed by atoms with Crippen molar-refractivity contribution in [2.45, 2.75) is 82.3 Å². The summed E-state index contributed by atoms with van der Waals surface area (Å²) in [5.74, 6) is -0.996. The van der Waals surface area contributed by atoms with E-state index in [0.29, 0.717) is 18.8 Å². The van der Waals surface area contributed by atoms with Crippen LogP contribution >= 0.6 is 0 Å². The van der Waals surface area contributed by atoms with Gasteiger partial charge in [0.15, 0.2) is 0 Å². The fraction of sp³-hybridized carbons (Fsp3) is 0.586. The van der Waals surface area contributed by atoms with Gasteiger partial charge in [0.25, 0.3) is 5.91 Å². The highest BCUT2D eigenvalue weighted by Gasteiger charge is 2.78. The summed E-state index contributed by atoms with van der Waals surface area (Å²) in [6.45, 7) is 6.44. The molecular weight excluding hydrogens is 442 g/mol. The second-order valence-electron chi connectivity index (χ2n) is 11.2. The SMILES string of the molecule is C[C@H]1C/C=C\[C@H]2[C@@H]3O[C@]3(C)[C@@H](C)[C@H]3[C@H](Cc4ccccc4)NC(=O)[C@]32OC(=O)/C=C\[C@@H](O)CCC1. The zero-order valence-corrected chi connectivity index (χ0v) is 20.9. The number of nitrogens with one attached hydrogen (secondary N) is 1. The molecule has 1 aromatic rings. The van der Waals surface area contributed by atoms with E-state index in [1.807, 2.05) is 18.2 Å². The minimum atomic E-state index is -1.35. The first-order valence-corrected chi connectivity index (χ1v) is 13.0. The Labute approximate surface area is 207 Å². The quantitative estimate of drug-likeness (QED) is 0.383. The lowest BCUT2D eigenvalue weighted by atomic mass is 9.59. The maximum absolute atomic E-state index is 13.8. The zero-order valence-electron chi connectivity index (χ0n) is 20.9. The second kappa shape index (κ2) is 9.21. The number of epoxide rings is 1. The normalized spacial score (nSPS) is 45.1. The molecule has 3 heterocycles. The van der Waals surface area contributed by atoms with Gasteiger partial charge in [-0.15, -0.1) is 0 Å². The third kappa shape index (κ3) is 4.25. The summed E-state index contributed by atoms with van der Waals surface area (Å²) < 4.78 is 12.5. The van der Waals surface area contributed by atoms with E-state index in [2.05, 4.69) is 50.4 Å². The molecule has 0 aromatic heterocycles. The van der Waals surface area contributed by atoms with Crippen LogP contribution in [0, 0.1) is 23.7 Å². The van der Waals surface area contributed by atoms with Crippen molar-refractivity contribution in [3.63, 3.8) is 0 Å². The molecule has 9 atom stereocenters. The molecule has 4 aliphatic rings. The van der Waals surface area contributed by atoms with Crippen molar-refractivity contribution in [1.82, 2.24) is 5.32 Å². The Bertz CT molecular complexity index is 1020. The van der Waals surface area contributed by atoms with Gasteiger partial charge in [0.2, 0.25) is 5.60 Å². The number of hydrogen-bond donors (Lipinski definition) is 2. The highest BCUT2D eigenvalue weighted by molar-refractivity contribution is 5.94. The van der Waals surface area contributed by atoms with Gasteiger partial charge < -0.3 is 19.9 Å². The molecule has 1 spiro atoms. The number of benzene rings is 1. The first-order chi connectivity index (χ1) is 16.8. The molecule has 0 radical (unpaired) electrons. The maximum Gasteiger partial charge on any atom is 0.331 e. The molecular formula is C29H37NO5. The summed E-state index contributed by atoms with van der Waals surface area (Å²) in [5.41, 5.74) is -0.586. The smallest absolute Gasteiger partial charge is 0.331 e. The zero-order chi connectivity index (χ0) is 24.8. The topological polar surface area (TPSA) is 88.2 Å². The number of ether oxygens (including phenoxy) is 2. The Kier molecular flexibility index (Phi) is 6.39. The van der Waals surface area contributed by atoms with Gasteiger partial charge in [0.05, 0.1) is 23.7 Å². The molecule has 2 saturated heterocycles. The van der Waals surface area contributed by atoms with Crippen molar-refractivity contribution >= 4 is 11.9 Å². The molecule has 0 bridgehead atoms. The van der Waals surface area contributed by atoms with Crippen molar-refractivity contribution in [3.05, 3.63) is 60.2 Å². The molecule has 188 valence electrons. The predicted octanol–water partition coefficient (Wildman–Crippen LogP) is 3.73. The lowest BCUT2D eigenvalue weighted by Crippen LogP contribution is -2.61. The standard InChI is InChI=1S/C29H37NO5/c1-18-9-7-13-21(31)15-16-24(32)34-29-22(14-8-10-18)26-28(3,35-26)19(2)25(29)23(30-27(29)33)17-20-11-5-4-6-12-20/h4-6,8,11-12,14-16,18-19,21-23,25-26,31H,7,9-10,13,17H2,1-3H3,(H,30,33)/b14-8-,16-15-/t18-,19+,21+,22+,23+,25+,26+,28-,29-/m1/s1. The molecule has 5 rings (SSSR count). The van der Waals surface area contributed by atoms with Gasteiger partial charge >= 0.3 is 5.97 Å². The van der Waals surface area contributed by atoms with Gasteiger partial charge in [0, 0.05) is 18.0 Å². The first-order valence-electron chi connectivity index (χ1n) is 13.0. The fourth-order valence-electron chi connectivity index (χ4n) is 6.74. The molecule has 3 aliphatic heterocycles. The molecule has 2 N–H and O–H groups in total. The van der Waals surface area contributed by atoms with Crippen LogP contribution in [0.2, 0.25) is 0 Å². The number of aliphatic hydroxyl groups excluding tert-OH is 1. The van der Waals surface area contributed by atoms with Gasteiger partial charge in [-0.25, -0.2) is 4.79 Å². The number of rotatable bonds is 2. The lowest BCUT2D eigenvalue weighted by Gasteiger charge is -2.45. The predicted molar refractivity (Wildman–Crippen MR) is 132 cm³/mol. The summed E-state index contributed by atoms with van der Waals surface area (Å²) in [6.07, 6.45) is 10.1. The van der Waals surface area contributed by atoms with E-state index in [0.717, 1.165) is 24.8 Å². The molecule has 6 nitrogen and oxygen atoms in total.